The quantitative estimate of drug-likeness (QED) is 0.228. The van der Waals surface area contributed by atoms with Crippen molar-refractivity contribution >= 4 is 17.5 Å². The van der Waals surface area contributed by atoms with Gasteiger partial charge in [-0.25, -0.2) is 0 Å². The van der Waals surface area contributed by atoms with Gasteiger partial charge < -0.3 is 25.2 Å². The molecule has 0 amide bonds. The van der Waals surface area contributed by atoms with Crippen LogP contribution in [0.3, 0.4) is 0 Å². The lowest BCUT2D eigenvalue weighted by Crippen LogP contribution is -2.65. The second-order valence-corrected chi connectivity index (χ2v) is 15.0. The molecule has 4 aliphatic carbocycles. The molecular formula is C32H48O8. The monoisotopic (exact) mass is 560 g/mol. The molecule has 3 saturated carbocycles. The highest BCUT2D eigenvalue weighted by Gasteiger charge is 2.74. The van der Waals surface area contributed by atoms with Gasteiger partial charge in [0.05, 0.1) is 18.3 Å². The molecule has 8 heteroatoms. The molecule has 0 aromatic rings. The van der Waals surface area contributed by atoms with Crippen molar-refractivity contribution in [3.8, 4) is 0 Å². The zero-order valence-corrected chi connectivity index (χ0v) is 25.4. The zero-order valence-electron chi connectivity index (χ0n) is 25.4. The first-order valence-electron chi connectivity index (χ1n) is 14.5. The number of ether oxygens (including phenoxy) is 1. The Morgan fingerprint density at radius 3 is 2.20 bits per heavy atom. The van der Waals surface area contributed by atoms with Crippen molar-refractivity contribution in [1.29, 1.82) is 0 Å². The Labute approximate surface area is 237 Å². The van der Waals surface area contributed by atoms with Crippen LogP contribution in [0.1, 0.15) is 88.0 Å². The zero-order chi connectivity index (χ0) is 30.4. The summed E-state index contributed by atoms with van der Waals surface area (Å²) < 4.78 is 5.23. The molecule has 0 spiro atoms. The van der Waals surface area contributed by atoms with Crippen LogP contribution in [0.15, 0.2) is 23.8 Å². The highest BCUT2D eigenvalue weighted by molar-refractivity contribution is 5.97. The van der Waals surface area contributed by atoms with Crippen LogP contribution in [0.5, 0.6) is 0 Å². The number of ketones is 2. The molecule has 0 bridgehead atoms. The minimum atomic E-state index is -1.98. The predicted octanol–water partition coefficient (Wildman–Crippen LogP) is 3.29. The van der Waals surface area contributed by atoms with E-state index in [0.29, 0.717) is 12.8 Å². The van der Waals surface area contributed by atoms with Crippen molar-refractivity contribution in [3.05, 3.63) is 23.8 Å². The van der Waals surface area contributed by atoms with E-state index < -0.39 is 68.8 Å². The Kier molecular flexibility index (Phi) is 7.24. The number of hydrogen-bond donors (Lipinski definition) is 4. The average Bonchev–Trinajstić information content (AvgIpc) is 3.01. The van der Waals surface area contributed by atoms with Crippen LogP contribution in [0, 0.1) is 39.4 Å². The lowest BCUT2D eigenvalue weighted by atomic mass is 9.38. The standard InChI is InChI=1S/C32H48O8/c1-17(33)40-27(2,3)13-12-23(36)32(9,39)25-21(35)15-29(6)22-11-10-18-19(14-20(34)26(38)28(18,4)5)31(22,8)24(37)16-30(25,29)7/h10,12-13,19-22,25-26,34-35,38-39H,11,14-16H2,1-9H3/t19-,20+,21-,22+,25+,26-,29+,30-,31+,32?/m1/s1. The number of aliphatic hydroxyl groups is 4. The van der Waals surface area contributed by atoms with Gasteiger partial charge in [-0.3, -0.25) is 14.4 Å². The fourth-order valence-corrected chi connectivity index (χ4v) is 9.55. The van der Waals surface area contributed by atoms with E-state index in [1.54, 1.807) is 13.8 Å². The molecule has 0 aliphatic heterocycles. The Bertz CT molecular complexity index is 1160. The van der Waals surface area contributed by atoms with Crippen LogP contribution in [0.2, 0.25) is 0 Å². The Hall–Kier alpha value is -1.87. The van der Waals surface area contributed by atoms with E-state index in [0.717, 1.165) is 5.57 Å². The summed E-state index contributed by atoms with van der Waals surface area (Å²) in [6.45, 7) is 15.7. The fourth-order valence-electron chi connectivity index (χ4n) is 9.55. The fraction of sp³-hybridized carbons (Fsp3) is 0.781. The van der Waals surface area contributed by atoms with Gasteiger partial charge in [-0.15, -0.1) is 0 Å². The van der Waals surface area contributed by atoms with Crippen LogP contribution in [-0.4, -0.2) is 67.5 Å². The third-order valence-electron chi connectivity index (χ3n) is 11.8. The molecule has 224 valence electrons. The normalized spacial score (nSPS) is 44.2. The van der Waals surface area contributed by atoms with Gasteiger partial charge in [-0.1, -0.05) is 46.3 Å². The van der Waals surface area contributed by atoms with Crippen LogP contribution < -0.4 is 0 Å². The first kappa shape index (κ1) is 31.1. The van der Waals surface area contributed by atoms with E-state index in [-0.39, 0.29) is 30.5 Å². The molecule has 8 nitrogen and oxygen atoms in total. The maximum absolute atomic E-state index is 14.3. The number of allylic oxidation sites excluding steroid dienone is 1. The van der Waals surface area contributed by atoms with E-state index in [4.69, 9.17) is 4.74 Å². The first-order valence-corrected chi connectivity index (χ1v) is 14.5. The molecule has 0 aromatic carbocycles. The van der Waals surface area contributed by atoms with Crippen molar-refractivity contribution in [1.82, 2.24) is 0 Å². The van der Waals surface area contributed by atoms with Crippen LogP contribution >= 0.6 is 0 Å². The molecule has 4 N–H and O–H groups in total. The number of carbonyl (C=O) groups excluding carboxylic acids is 3. The SMILES string of the molecule is CC(=O)OC(C)(C)C=CC(=O)C(C)(O)[C@H]1[C@H](O)C[C@@]2(C)[C@@H]3CC=C4[C@@H](C[C@H](O)[C@@H](O)C4(C)C)[C@]3(C)C(=O)C[C@]12C. The van der Waals surface area contributed by atoms with Crippen LogP contribution in [0.4, 0.5) is 0 Å². The lowest BCUT2D eigenvalue weighted by Gasteiger charge is -2.65. The van der Waals surface area contributed by atoms with Gasteiger partial charge >= 0.3 is 5.97 Å². The number of esters is 1. The van der Waals surface area contributed by atoms with Crippen molar-refractivity contribution in [3.63, 3.8) is 0 Å². The van der Waals surface area contributed by atoms with Gasteiger partial charge in [-0.2, -0.15) is 0 Å². The van der Waals surface area contributed by atoms with E-state index in [9.17, 15) is 34.8 Å². The molecule has 4 aliphatic rings. The third kappa shape index (κ3) is 4.19. The van der Waals surface area contributed by atoms with Crippen molar-refractivity contribution < 1.29 is 39.5 Å². The summed E-state index contributed by atoms with van der Waals surface area (Å²) in [4.78, 5) is 39.2. The first-order chi connectivity index (χ1) is 18.1. The number of rotatable bonds is 5. The predicted molar refractivity (Wildman–Crippen MR) is 149 cm³/mol. The third-order valence-corrected chi connectivity index (χ3v) is 11.8. The van der Waals surface area contributed by atoms with E-state index in [2.05, 4.69) is 13.0 Å². The summed E-state index contributed by atoms with van der Waals surface area (Å²) in [5.41, 5.74) is -5.04. The molecule has 40 heavy (non-hydrogen) atoms. The summed E-state index contributed by atoms with van der Waals surface area (Å²) >= 11 is 0. The van der Waals surface area contributed by atoms with Gasteiger partial charge in [-0.05, 0) is 74.9 Å². The maximum atomic E-state index is 14.3. The molecule has 0 saturated heterocycles. The minimum Gasteiger partial charge on any atom is -0.456 e. The molecule has 10 atom stereocenters. The Morgan fingerprint density at radius 2 is 1.62 bits per heavy atom. The van der Waals surface area contributed by atoms with Crippen LogP contribution in [0.25, 0.3) is 0 Å². The molecule has 3 fully saturated rings. The van der Waals surface area contributed by atoms with Gasteiger partial charge in [0.15, 0.2) is 5.78 Å². The van der Waals surface area contributed by atoms with Gasteiger partial charge in [0.2, 0.25) is 0 Å². The highest BCUT2D eigenvalue weighted by Crippen LogP contribution is 2.74. The Morgan fingerprint density at radius 1 is 1.02 bits per heavy atom. The molecule has 1 unspecified atom stereocenters. The number of aliphatic hydroxyl groups excluding tert-OH is 3. The topological polar surface area (TPSA) is 141 Å². The van der Waals surface area contributed by atoms with E-state index >= 15 is 0 Å². The number of carbonyl (C=O) groups is 3. The Balaban J connectivity index is 1.74. The molecular weight excluding hydrogens is 512 g/mol. The highest BCUT2D eigenvalue weighted by atomic mass is 16.6. The molecule has 0 aromatic heterocycles. The van der Waals surface area contributed by atoms with Gasteiger partial charge in [0, 0.05) is 30.1 Å². The number of hydrogen-bond acceptors (Lipinski definition) is 8. The summed E-state index contributed by atoms with van der Waals surface area (Å²) in [5, 5.41) is 44.9. The largest absolute Gasteiger partial charge is 0.456 e. The summed E-state index contributed by atoms with van der Waals surface area (Å²) in [7, 11) is 0. The van der Waals surface area contributed by atoms with E-state index in [1.807, 2.05) is 27.7 Å². The summed E-state index contributed by atoms with van der Waals surface area (Å²) in [5.74, 6) is -2.48. The number of fused-ring (bicyclic) bond motifs is 5. The number of Topliss-reactive ketones (excluding diaryl/α,β-unsaturated/α-hetero) is 1. The molecule has 0 radical (unpaired) electrons. The molecule has 4 rings (SSSR count). The second kappa shape index (κ2) is 9.32. The van der Waals surface area contributed by atoms with Crippen molar-refractivity contribution in [2.45, 2.75) is 118 Å². The second-order valence-electron chi connectivity index (χ2n) is 15.0. The van der Waals surface area contributed by atoms with E-state index in [1.165, 1.54) is 26.0 Å². The maximum Gasteiger partial charge on any atom is 0.303 e. The minimum absolute atomic E-state index is 0.00125. The molecule has 0 heterocycles. The van der Waals surface area contributed by atoms with Gasteiger partial charge in [0.25, 0.3) is 0 Å². The average molecular weight is 561 g/mol. The summed E-state index contributed by atoms with van der Waals surface area (Å²) in [6.07, 6.45) is 3.10. The van der Waals surface area contributed by atoms with Gasteiger partial charge in [0.1, 0.15) is 17.0 Å². The summed E-state index contributed by atoms with van der Waals surface area (Å²) in [6, 6.07) is 0. The smallest absolute Gasteiger partial charge is 0.303 e. The van der Waals surface area contributed by atoms with Crippen molar-refractivity contribution in [2.75, 3.05) is 0 Å². The van der Waals surface area contributed by atoms with Crippen molar-refractivity contribution in [2.24, 2.45) is 39.4 Å². The van der Waals surface area contributed by atoms with Crippen LogP contribution in [-0.2, 0) is 19.1 Å². The lowest BCUT2D eigenvalue weighted by molar-refractivity contribution is -0.186.